The molecule has 198 valence electrons. The molecule has 33 heavy (non-hydrogen) atoms. The Morgan fingerprint density at radius 1 is 0.515 bits per heavy atom. The Labute approximate surface area is 203 Å². The Morgan fingerprint density at radius 3 is 1.42 bits per heavy atom. The van der Waals surface area contributed by atoms with E-state index in [2.05, 4.69) is 13.8 Å². The van der Waals surface area contributed by atoms with Crippen molar-refractivity contribution < 1.29 is 33.2 Å². The quantitative estimate of drug-likeness (QED) is 0.119. The van der Waals surface area contributed by atoms with Crippen LogP contribution in [0.4, 0.5) is 0 Å². The van der Waals surface area contributed by atoms with Crippen molar-refractivity contribution in [1.82, 2.24) is 0 Å². The monoisotopic (exact) mass is 476 g/mol. The Bertz CT molecular complexity index is 393. The van der Waals surface area contributed by atoms with E-state index in [-0.39, 0.29) is 11.9 Å². The fourth-order valence-corrected chi connectivity index (χ4v) is 3.22. The molecule has 1 atom stereocenters. The molecule has 7 nitrogen and oxygen atoms in total. The fraction of sp³-hybridized carbons (Fsp3) is 0.962. The Morgan fingerprint density at radius 2 is 0.939 bits per heavy atom. The molecule has 0 spiro atoms. The standard InChI is InChI=1S/C26H52O7/c1-4-7-9-10-11-12-14-28-15-16-29-17-18-30-19-20-31-21-22-32-23-24-33-26(27)25(6-3)13-8-5-2/h25H,4-24H2,1-3H3. The molecular weight excluding hydrogens is 424 g/mol. The van der Waals surface area contributed by atoms with Crippen LogP contribution in [0.5, 0.6) is 0 Å². The minimum atomic E-state index is -0.104. The van der Waals surface area contributed by atoms with Crippen molar-refractivity contribution >= 4 is 5.97 Å². The second-order valence-electron chi connectivity index (χ2n) is 8.24. The third kappa shape index (κ3) is 24.2. The van der Waals surface area contributed by atoms with E-state index in [4.69, 9.17) is 28.4 Å². The second kappa shape index (κ2) is 27.5. The Balaban J connectivity index is 3.19. The molecule has 0 radical (unpaired) electrons. The van der Waals surface area contributed by atoms with Gasteiger partial charge >= 0.3 is 5.97 Å². The van der Waals surface area contributed by atoms with Crippen LogP contribution in [0.15, 0.2) is 0 Å². The molecule has 0 amide bonds. The van der Waals surface area contributed by atoms with E-state index < -0.39 is 0 Å². The first-order valence-corrected chi connectivity index (χ1v) is 13.3. The molecule has 0 saturated heterocycles. The number of carbonyl (C=O) groups is 1. The zero-order valence-corrected chi connectivity index (χ0v) is 21.8. The van der Waals surface area contributed by atoms with Gasteiger partial charge in [-0.15, -0.1) is 0 Å². The number of ether oxygens (including phenoxy) is 6. The molecule has 0 aliphatic rings. The number of hydrogen-bond donors (Lipinski definition) is 0. The highest BCUT2D eigenvalue weighted by Crippen LogP contribution is 2.14. The molecule has 7 heteroatoms. The van der Waals surface area contributed by atoms with Gasteiger partial charge in [-0.3, -0.25) is 4.79 Å². The summed E-state index contributed by atoms with van der Waals surface area (Å²) in [5.41, 5.74) is 0. The molecular formula is C26H52O7. The smallest absolute Gasteiger partial charge is 0.308 e. The highest BCUT2D eigenvalue weighted by Gasteiger charge is 2.16. The van der Waals surface area contributed by atoms with Crippen molar-refractivity contribution in [3.63, 3.8) is 0 Å². The van der Waals surface area contributed by atoms with Crippen LogP contribution in [-0.2, 0) is 33.2 Å². The van der Waals surface area contributed by atoms with Crippen molar-refractivity contribution in [2.24, 2.45) is 5.92 Å². The van der Waals surface area contributed by atoms with E-state index in [1.54, 1.807) is 0 Å². The van der Waals surface area contributed by atoms with Crippen LogP contribution in [0.2, 0.25) is 0 Å². The van der Waals surface area contributed by atoms with Gasteiger partial charge in [-0.1, -0.05) is 65.7 Å². The first kappa shape index (κ1) is 32.3. The Kier molecular flexibility index (Phi) is 26.9. The molecule has 0 heterocycles. The number of rotatable bonds is 27. The van der Waals surface area contributed by atoms with Crippen LogP contribution >= 0.6 is 0 Å². The lowest BCUT2D eigenvalue weighted by Crippen LogP contribution is -2.20. The normalized spacial score (nSPS) is 12.2. The van der Waals surface area contributed by atoms with Crippen LogP contribution in [0.1, 0.15) is 85.0 Å². The minimum Gasteiger partial charge on any atom is -0.463 e. The van der Waals surface area contributed by atoms with Gasteiger partial charge in [0.2, 0.25) is 0 Å². The molecule has 0 N–H and O–H groups in total. The molecule has 0 aliphatic carbocycles. The van der Waals surface area contributed by atoms with E-state index >= 15 is 0 Å². The summed E-state index contributed by atoms with van der Waals surface area (Å²) in [7, 11) is 0. The van der Waals surface area contributed by atoms with Gasteiger partial charge < -0.3 is 28.4 Å². The maximum absolute atomic E-state index is 12.0. The van der Waals surface area contributed by atoms with E-state index in [1.165, 1.54) is 32.1 Å². The summed E-state index contributed by atoms with van der Waals surface area (Å²) >= 11 is 0. The van der Waals surface area contributed by atoms with E-state index in [9.17, 15) is 4.79 Å². The Hall–Kier alpha value is -0.730. The highest BCUT2D eigenvalue weighted by molar-refractivity contribution is 5.72. The first-order valence-electron chi connectivity index (χ1n) is 13.3. The van der Waals surface area contributed by atoms with Crippen molar-refractivity contribution in [2.75, 3.05) is 72.7 Å². The van der Waals surface area contributed by atoms with Gasteiger partial charge in [-0.05, 0) is 19.3 Å². The molecule has 0 aromatic heterocycles. The predicted molar refractivity (Wildman–Crippen MR) is 132 cm³/mol. The predicted octanol–water partition coefficient (Wildman–Crippen LogP) is 5.19. The van der Waals surface area contributed by atoms with Crippen molar-refractivity contribution in [1.29, 1.82) is 0 Å². The molecule has 0 bridgehead atoms. The third-order valence-corrected chi connectivity index (χ3v) is 5.33. The van der Waals surface area contributed by atoms with Crippen molar-refractivity contribution in [2.45, 2.75) is 85.0 Å². The lowest BCUT2D eigenvalue weighted by molar-refractivity contribution is -0.150. The summed E-state index contributed by atoms with van der Waals surface area (Å²) in [5.74, 6) is -0.0884. The van der Waals surface area contributed by atoms with Crippen molar-refractivity contribution in [3.05, 3.63) is 0 Å². The average molecular weight is 477 g/mol. The zero-order valence-electron chi connectivity index (χ0n) is 21.8. The summed E-state index contributed by atoms with van der Waals surface area (Å²) in [4.78, 5) is 12.0. The summed E-state index contributed by atoms with van der Waals surface area (Å²) in [6.45, 7) is 12.3. The molecule has 0 fully saturated rings. The molecule has 0 aromatic carbocycles. The fourth-order valence-electron chi connectivity index (χ4n) is 3.22. The van der Waals surface area contributed by atoms with Crippen LogP contribution < -0.4 is 0 Å². The van der Waals surface area contributed by atoms with Gasteiger partial charge in [0.25, 0.3) is 0 Å². The topological polar surface area (TPSA) is 72.5 Å². The van der Waals surface area contributed by atoms with Gasteiger partial charge in [0.1, 0.15) is 6.61 Å². The van der Waals surface area contributed by atoms with Crippen LogP contribution in [0.3, 0.4) is 0 Å². The van der Waals surface area contributed by atoms with Gasteiger partial charge in [0.15, 0.2) is 0 Å². The first-order chi connectivity index (χ1) is 16.3. The SMILES string of the molecule is CCCCCCCCOCCOCCOCCOCCOCCOC(=O)C(CC)CCCC. The highest BCUT2D eigenvalue weighted by atomic mass is 16.6. The summed E-state index contributed by atoms with van der Waals surface area (Å²) < 4.78 is 32.7. The largest absolute Gasteiger partial charge is 0.463 e. The number of unbranched alkanes of at least 4 members (excludes halogenated alkanes) is 6. The zero-order chi connectivity index (χ0) is 24.2. The lowest BCUT2D eigenvalue weighted by Gasteiger charge is -2.13. The number of esters is 1. The van der Waals surface area contributed by atoms with Gasteiger partial charge in [0, 0.05) is 6.61 Å². The van der Waals surface area contributed by atoms with Crippen LogP contribution in [0.25, 0.3) is 0 Å². The summed E-state index contributed by atoms with van der Waals surface area (Å²) in [6, 6.07) is 0. The van der Waals surface area contributed by atoms with Gasteiger partial charge in [-0.2, -0.15) is 0 Å². The van der Waals surface area contributed by atoms with Gasteiger partial charge in [-0.25, -0.2) is 0 Å². The second-order valence-corrected chi connectivity index (χ2v) is 8.24. The summed E-state index contributed by atoms with van der Waals surface area (Å²) in [5, 5.41) is 0. The minimum absolute atomic E-state index is 0.0157. The van der Waals surface area contributed by atoms with Crippen LogP contribution in [0, 0.1) is 5.92 Å². The number of carbonyl (C=O) groups excluding carboxylic acids is 1. The average Bonchev–Trinajstić information content (AvgIpc) is 2.82. The molecule has 1 unspecified atom stereocenters. The molecule has 0 saturated carbocycles. The summed E-state index contributed by atoms with van der Waals surface area (Å²) in [6.07, 6.45) is 11.6. The van der Waals surface area contributed by atoms with E-state index in [0.29, 0.717) is 66.1 Å². The molecule has 0 rings (SSSR count). The lowest BCUT2D eigenvalue weighted by atomic mass is 10.00. The van der Waals surface area contributed by atoms with E-state index in [1.807, 2.05) is 6.92 Å². The van der Waals surface area contributed by atoms with Gasteiger partial charge in [0.05, 0.1) is 65.4 Å². The molecule has 0 aromatic rings. The maximum atomic E-state index is 12.0. The van der Waals surface area contributed by atoms with Crippen LogP contribution in [-0.4, -0.2) is 78.6 Å². The van der Waals surface area contributed by atoms with Crippen molar-refractivity contribution in [3.8, 4) is 0 Å². The maximum Gasteiger partial charge on any atom is 0.308 e. The number of hydrogen-bond acceptors (Lipinski definition) is 7. The van der Waals surface area contributed by atoms with E-state index in [0.717, 1.165) is 38.7 Å². The third-order valence-electron chi connectivity index (χ3n) is 5.33. The molecule has 0 aliphatic heterocycles.